The quantitative estimate of drug-likeness (QED) is 0.857. The SMILES string of the molecule is COC(=O)c1cnn(C2CCN(C(=O)NC(C)C)CC2)c1C1CC1. The summed E-state index contributed by atoms with van der Waals surface area (Å²) in [5.41, 5.74) is 1.62. The van der Waals surface area contributed by atoms with Gasteiger partial charge in [0.2, 0.25) is 0 Å². The monoisotopic (exact) mass is 334 g/mol. The van der Waals surface area contributed by atoms with E-state index in [0.29, 0.717) is 24.6 Å². The van der Waals surface area contributed by atoms with Crippen LogP contribution in [0.1, 0.15) is 67.5 Å². The maximum absolute atomic E-state index is 12.1. The van der Waals surface area contributed by atoms with Crippen LogP contribution in [-0.2, 0) is 4.74 Å². The van der Waals surface area contributed by atoms with Crippen molar-refractivity contribution in [2.45, 2.75) is 57.5 Å². The third-order valence-corrected chi connectivity index (χ3v) is 4.71. The zero-order chi connectivity index (χ0) is 17.3. The van der Waals surface area contributed by atoms with Crippen molar-refractivity contribution in [3.63, 3.8) is 0 Å². The van der Waals surface area contributed by atoms with E-state index in [1.807, 2.05) is 23.4 Å². The molecule has 2 fully saturated rings. The predicted octanol–water partition coefficient (Wildman–Crippen LogP) is 2.30. The van der Waals surface area contributed by atoms with Gasteiger partial charge in [0, 0.05) is 25.0 Å². The first-order valence-electron chi connectivity index (χ1n) is 8.72. The Hall–Kier alpha value is -2.05. The second-order valence-corrected chi connectivity index (χ2v) is 6.98. The lowest BCUT2D eigenvalue weighted by Gasteiger charge is -2.33. The molecule has 0 atom stereocenters. The van der Waals surface area contributed by atoms with E-state index in [1.165, 1.54) is 7.11 Å². The van der Waals surface area contributed by atoms with E-state index in [2.05, 4.69) is 10.4 Å². The topological polar surface area (TPSA) is 76.5 Å². The molecular weight excluding hydrogens is 308 g/mol. The van der Waals surface area contributed by atoms with Gasteiger partial charge in [0.15, 0.2) is 0 Å². The molecule has 1 N–H and O–H groups in total. The summed E-state index contributed by atoms with van der Waals surface area (Å²) >= 11 is 0. The number of hydrogen-bond acceptors (Lipinski definition) is 4. The molecule has 0 unspecified atom stereocenters. The van der Waals surface area contributed by atoms with Crippen molar-refractivity contribution in [1.82, 2.24) is 20.0 Å². The Bertz CT molecular complexity index is 613. The summed E-state index contributed by atoms with van der Waals surface area (Å²) in [6, 6.07) is 0.383. The lowest BCUT2D eigenvalue weighted by molar-refractivity contribution is 0.0599. The minimum absolute atomic E-state index is 0.00146. The number of likely N-dealkylation sites (tertiary alicyclic amines) is 1. The second-order valence-electron chi connectivity index (χ2n) is 6.98. The average molecular weight is 334 g/mol. The van der Waals surface area contributed by atoms with Gasteiger partial charge in [0.1, 0.15) is 5.56 Å². The van der Waals surface area contributed by atoms with E-state index < -0.39 is 0 Å². The summed E-state index contributed by atoms with van der Waals surface area (Å²) in [6.07, 6.45) is 5.55. The Labute approximate surface area is 142 Å². The standard InChI is InChI=1S/C17H26N4O3/c1-11(2)19-17(23)20-8-6-13(7-9-20)21-15(12-4-5-12)14(10-18-21)16(22)24-3/h10-13H,4-9H2,1-3H3,(H,19,23). The molecule has 1 saturated heterocycles. The van der Waals surface area contributed by atoms with E-state index in [4.69, 9.17) is 4.74 Å². The van der Waals surface area contributed by atoms with Gasteiger partial charge in [-0.25, -0.2) is 9.59 Å². The van der Waals surface area contributed by atoms with Gasteiger partial charge in [0.05, 0.1) is 25.0 Å². The number of rotatable bonds is 4. The molecular formula is C17H26N4O3. The third-order valence-electron chi connectivity index (χ3n) is 4.71. The number of piperidine rings is 1. The van der Waals surface area contributed by atoms with Gasteiger partial charge < -0.3 is 15.0 Å². The van der Waals surface area contributed by atoms with Gasteiger partial charge >= 0.3 is 12.0 Å². The zero-order valence-electron chi connectivity index (χ0n) is 14.6. The van der Waals surface area contributed by atoms with Gasteiger partial charge in [-0.15, -0.1) is 0 Å². The Kier molecular flexibility index (Phi) is 4.78. The number of aromatic nitrogens is 2. The van der Waals surface area contributed by atoms with Crippen molar-refractivity contribution in [2.24, 2.45) is 0 Å². The number of ether oxygens (including phenoxy) is 1. The van der Waals surface area contributed by atoms with Crippen LogP contribution < -0.4 is 5.32 Å². The summed E-state index contributed by atoms with van der Waals surface area (Å²) < 4.78 is 6.90. The van der Waals surface area contributed by atoms with E-state index >= 15 is 0 Å². The van der Waals surface area contributed by atoms with Crippen LogP contribution in [0.3, 0.4) is 0 Å². The van der Waals surface area contributed by atoms with E-state index in [1.54, 1.807) is 6.20 Å². The first-order valence-corrected chi connectivity index (χ1v) is 8.72. The molecule has 0 bridgehead atoms. The predicted molar refractivity (Wildman–Crippen MR) is 89.1 cm³/mol. The molecule has 1 aliphatic carbocycles. The van der Waals surface area contributed by atoms with Crippen LogP contribution in [0.5, 0.6) is 0 Å². The Morgan fingerprint density at radius 1 is 1.25 bits per heavy atom. The lowest BCUT2D eigenvalue weighted by Crippen LogP contribution is -2.46. The van der Waals surface area contributed by atoms with Crippen molar-refractivity contribution >= 4 is 12.0 Å². The molecule has 0 aromatic carbocycles. The summed E-state index contributed by atoms with van der Waals surface area (Å²) in [5.74, 6) is 0.112. The highest BCUT2D eigenvalue weighted by Crippen LogP contribution is 2.43. The van der Waals surface area contributed by atoms with Gasteiger partial charge in [0.25, 0.3) is 0 Å². The highest BCUT2D eigenvalue weighted by atomic mass is 16.5. The van der Waals surface area contributed by atoms with Crippen LogP contribution in [0.15, 0.2) is 6.20 Å². The molecule has 7 heteroatoms. The molecule has 2 aliphatic rings. The van der Waals surface area contributed by atoms with Gasteiger partial charge in [-0.1, -0.05) is 0 Å². The molecule has 1 aromatic heterocycles. The molecule has 7 nitrogen and oxygen atoms in total. The van der Waals surface area contributed by atoms with Crippen LogP contribution in [-0.4, -0.2) is 52.9 Å². The van der Waals surface area contributed by atoms with Gasteiger partial charge in [-0.2, -0.15) is 5.10 Å². The molecule has 2 amide bonds. The third kappa shape index (κ3) is 3.39. The lowest BCUT2D eigenvalue weighted by atomic mass is 10.0. The van der Waals surface area contributed by atoms with Crippen LogP contribution >= 0.6 is 0 Å². The molecule has 0 radical (unpaired) electrons. The number of amides is 2. The average Bonchev–Trinajstić information content (AvgIpc) is 3.32. The highest BCUT2D eigenvalue weighted by Gasteiger charge is 2.35. The van der Waals surface area contributed by atoms with Crippen LogP contribution in [0.2, 0.25) is 0 Å². The zero-order valence-corrected chi connectivity index (χ0v) is 14.6. The summed E-state index contributed by atoms with van der Waals surface area (Å²) in [6.45, 7) is 5.34. The van der Waals surface area contributed by atoms with Gasteiger partial charge in [-0.3, -0.25) is 4.68 Å². The maximum atomic E-state index is 12.1. The second kappa shape index (κ2) is 6.83. The maximum Gasteiger partial charge on any atom is 0.341 e. The molecule has 1 aliphatic heterocycles. The normalized spacial score (nSPS) is 18.8. The number of urea groups is 1. The molecule has 1 saturated carbocycles. The Morgan fingerprint density at radius 2 is 1.92 bits per heavy atom. The number of nitrogens with one attached hydrogen (secondary N) is 1. The van der Waals surface area contributed by atoms with Crippen LogP contribution in [0, 0.1) is 0 Å². The van der Waals surface area contributed by atoms with Crippen molar-refractivity contribution in [3.8, 4) is 0 Å². The van der Waals surface area contributed by atoms with Crippen molar-refractivity contribution in [1.29, 1.82) is 0 Å². The Balaban J connectivity index is 1.70. The molecule has 24 heavy (non-hydrogen) atoms. The van der Waals surface area contributed by atoms with Crippen molar-refractivity contribution in [3.05, 3.63) is 17.5 Å². The van der Waals surface area contributed by atoms with E-state index in [0.717, 1.165) is 31.4 Å². The number of hydrogen-bond donors (Lipinski definition) is 1. The molecule has 3 rings (SSSR count). The number of carbonyl (C=O) groups is 2. The fraction of sp³-hybridized carbons (Fsp3) is 0.706. The fourth-order valence-electron chi connectivity index (χ4n) is 3.35. The van der Waals surface area contributed by atoms with Crippen LogP contribution in [0.4, 0.5) is 4.79 Å². The molecule has 0 spiro atoms. The van der Waals surface area contributed by atoms with Crippen LogP contribution in [0.25, 0.3) is 0 Å². The summed E-state index contributed by atoms with van der Waals surface area (Å²) in [4.78, 5) is 25.9. The Morgan fingerprint density at radius 3 is 2.46 bits per heavy atom. The minimum Gasteiger partial charge on any atom is -0.465 e. The summed E-state index contributed by atoms with van der Waals surface area (Å²) in [5, 5.41) is 7.42. The molecule has 2 heterocycles. The number of nitrogens with zero attached hydrogens (tertiary/aromatic N) is 3. The number of esters is 1. The first-order chi connectivity index (χ1) is 11.5. The van der Waals surface area contributed by atoms with Gasteiger partial charge in [-0.05, 0) is 39.5 Å². The molecule has 132 valence electrons. The minimum atomic E-state index is -0.308. The number of methoxy groups -OCH3 is 1. The number of carbonyl (C=O) groups excluding carboxylic acids is 2. The molecule has 1 aromatic rings. The first kappa shape index (κ1) is 16.8. The van der Waals surface area contributed by atoms with Crippen molar-refractivity contribution < 1.29 is 14.3 Å². The van der Waals surface area contributed by atoms with E-state index in [-0.39, 0.29) is 24.1 Å². The highest BCUT2D eigenvalue weighted by molar-refractivity contribution is 5.90. The summed E-state index contributed by atoms with van der Waals surface area (Å²) in [7, 11) is 1.40. The smallest absolute Gasteiger partial charge is 0.341 e. The largest absolute Gasteiger partial charge is 0.465 e. The fourth-order valence-corrected chi connectivity index (χ4v) is 3.35. The van der Waals surface area contributed by atoms with E-state index in [9.17, 15) is 9.59 Å². The van der Waals surface area contributed by atoms with Crippen molar-refractivity contribution in [2.75, 3.05) is 20.2 Å².